The maximum atomic E-state index is 11.7. The summed E-state index contributed by atoms with van der Waals surface area (Å²) in [5.74, 6) is -0.371. The average molecular weight is 266 g/mol. The number of ether oxygens (including phenoxy) is 1. The molecule has 0 aromatic heterocycles. The Kier molecular flexibility index (Phi) is 4.28. The molecule has 0 saturated carbocycles. The molecule has 0 bridgehead atoms. The molecule has 19 heavy (non-hydrogen) atoms. The lowest BCUT2D eigenvalue weighted by atomic mass is 9.69. The van der Waals surface area contributed by atoms with Crippen LogP contribution in [0.3, 0.4) is 0 Å². The fourth-order valence-electron chi connectivity index (χ4n) is 2.34. The smallest absolute Gasteiger partial charge is 0.342 e. The Morgan fingerprint density at radius 1 is 1.21 bits per heavy atom. The quantitative estimate of drug-likeness (QED) is 0.442. The topological polar surface area (TPSA) is 43.4 Å². The summed E-state index contributed by atoms with van der Waals surface area (Å²) in [7, 11) is 0. The summed E-state index contributed by atoms with van der Waals surface area (Å²) >= 11 is 0. The van der Waals surface area contributed by atoms with Gasteiger partial charge in [0.1, 0.15) is 0 Å². The van der Waals surface area contributed by atoms with Crippen molar-refractivity contribution in [2.75, 3.05) is 0 Å². The van der Waals surface area contributed by atoms with E-state index >= 15 is 0 Å². The molecule has 0 aromatic rings. The molecule has 3 heteroatoms. The lowest BCUT2D eigenvalue weighted by Crippen LogP contribution is -2.26. The zero-order chi connectivity index (χ0) is 15.0. The summed E-state index contributed by atoms with van der Waals surface area (Å²) in [4.78, 5) is 22.9. The first-order chi connectivity index (χ1) is 8.45. The van der Waals surface area contributed by atoms with Gasteiger partial charge in [-0.25, -0.2) is 4.79 Å². The van der Waals surface area contributed by atoms with Gasteiger partial charge in [-0.15, -0.1) is 0 Å². The Morgan fingerprint density at radius 2 is 1.74 bits per heavy atom. The van der Waals surface area contributed by atoms with Crippen LogP contribution in [-0.2, 0) is 14.3 Å². The lowest BCUT2D eigenvalue weighted by Gasteiger charge is -2.36. The molecule has 1 heterocycles. The van der Waals surface area contributed by atoms with E-state index in [1.165, 1.54) is 0 Å². The zero-order valence-electron chi connectivity index (χ0n) is 13.2. The lowest BCUT2D eigenvalue weighted by molar-refractivity contribution is -0.151. The second kappa shape index (κ2) is 5.10. The standard InChI is InChI=1S/C16H26O3/c1-10(15(3,4)5)9-16(6,7)11(2)12-8-13(17)19-14(12)18/h10H,8-9H2,1-7H3/b12-11-. The Bertz CT molecular complexity index is 422. The van der Waals surface area contributed by atoms with E-state index in [9.17, 15) is 9.59 Å². The molecule has 1 aliphatic heterocycles. The minimum absolute atomic E-state index is 0.105. The van der Waals surface area contributed by atoms with Gasteiger partial charge in [-0.2, -0.15) is 0 Å². The van der Waals surface area contributed by atoms with Gasteiger partial charge in [0, 0.05) is 5.57 Å². The van der Waals surface area contributed by atoms with Crippen LogP contribution in [0.2, 0.25) is 0 Å². The van der Waals surface area contributed by atoms with Crippen molar-refractivity contribution < 1.29 is 14.3 Å². The fourth-order valence-corrected chi connectivity index (χ4v) is 2.34. The highest BCUT2D eigenvalue weighted by Crippen LogP contribution is 2.42. The molecule has 0 amide bonds. The predicted octanol–water partition coefficient (Wildman–Crippen LogP) is 3.87. The van der Waals surface area contributed by atoms with Gasteiger partial charge in [0.15, 0.2) is 0 Å². The molecule has 1 fully saturated rings. The molecule has 0 N–H and O–H groups in total. The van der Waals surface area contributed by atoms with Gasteiger partial charge >= 0.3 is 11.9 Å². The van der Waals surface area contributed by atoms with E-state index in [0.29, 0.717) is 11.5 Å². The summed E-state index contributed by atoms with van der Waals surface area (Å²) in [6.07, 6.45) is 1.10. The predicted molar refractivity (Wildman–Crippen MR) is 75.4 cm³/mol. The third-order valence-corrected chi connectivity index (χ3v) is 4.54. The van der Waals surface area contributed by atoms with Crippen LogP contribution in [0.15, 0.2) is 11.1 Å². The van der Waals surface area contributed by atoms with E-state index in [-0.39, 0.29) is 17.3 Å². The SMILES string of the molecule is C/C(=C1\CC(=O)OC1=O)C(C)(C)CC(C)C(C)(C)C. The highest BCUT2D eigenvalue weighted by Gasteiger charge is 2.35. The Morgan fingerprint density at radius 3 is 2.11 bits per heavy atom. The maximum absolute atomic E-state index is 11.7. The summed E-state index contributed by atoms with van der Waals surface area (Å²) in [5.41, 5.74) is 1.66. The molecule has 1 saturated heterocycles. The minimum atomic E-state index is -0.459. The number of hydrogen-bond donors (Lipinski definition) is 0. The van der Waals surface area contributed by atoms with Crippen LogP contribution in [0.25, 0.3) is 0 Å². The third-order valence-electron chi connectivity index (χ3n) is 4.54. The second-order valence-electron chi connectivity index (χ2n) is 7.40. The number of hydrogen-bond acceptors (Lipinski definition) is 3. The number of rotatable bonds is 3. The fraction of sp³-hybridized carbons (Fsp3) is 0.750. The maximum Gasteiger partial charge on any atom is 0.342 e. The second-order valence-corrected chi connectivity index (χ2v) is 7.40. The van der Waals surface area contributed by atoms with Gasteiger partial charge in [0.05, 0.1) is 6.42 Å². The molecule has 1 unspecified atom stereocenters. The highest BCUT2D eigenvalue weighted by atomic mass is 16.6. The van der Waals surface area contributed by atoms with Crippen molar-refractivity contribution in [2.45, 2.75) is 61.3 Å². The summed E-state index contributed by atoms with van der Waals surface area (Å²) in [5, 5.41) is 0. The van der Waals surface area contributed by atoms with Crippen molar-refractivity contribution in [3.8, 4) is 0 Å². The van der Waals surface area contributed by atoms with E-state index in [4.69, 9.17) is 0 Å². The van der Waals surface area contributed by atoms with Crippen molar-refractivity contribution >= 4 is 11.9 Å². The molecule has 0 aromatic carbocycles. The first-order valence-corrected chi connectivity index (χ1v) is 6.90. The Balaban J connectivity index is 2.97. The molecular weight excluding hydrogens is 240 g/mol. The van der Waals surface area contributed by atoms with Crippen LogP contribution in [0.1, 0.15) is 61.3 Å². The molecular formula is C16H26O3. The normalized spacial score (nSPS) is 21.4. The Labute approximate surface area is 116 Å². The number of cyclic esters (lactones) is 2. The Hall–Kier alpha value is -1.12. The van der Waals surface area contributed by atoms with Crippen molar-refractivity contribution in [1.82, 2.24) is 0 Å². The number of allylic oxidation sites excluding steroid dienone is 1. The average Bonchev–Trinajstić information content (AvgIpc) is 2.54. The van der Waals surface area contributed by atoms with Crippen LogP contribution in [0.4, 0.5) is 0 Å². The summed E-state index contributed by atoms with van der Waals surface area (Å²) in [6, 6.07) is 0. The summed E-state index contributed by atoms with van der Waals surface area (Å²) < 4.78 is 4.63. The van der Waals surface area contributed by atoms with Gasteiger partial charge < -0.3 is 4.74 Å². The third kappa shape index (κ3) is 3.68. The van der Waals surface area contributed by atoms with Crippen LogP contribution in [-0.4, -0.2) is 11.9 Å². The van der Waals surface area contributed by atoms with Gasteiger partial charge in [0.2, 0.25) is 0 Å². The van der Waals surface area contributed by atoms with E-state index in [1.54, 1.807) is 0 Å². The number of carbonyl (C=O) groups excluding carboxylic acids is 2. The molecule has 1 aliphatic rings. The van der Waals surface area contributed by atoms with Crippen molar-refractivity contribution in [3.05, 3.63) is 11.1 Å². The van der Waals surface area contributed by atoms with E-state index in [2.05, 4.69) is 46.3 Å². The van der Waals surface area contributed by atoms with Crippen molar-refractivity contribution in [2.24, 2.45) is 16.7 Å². The molecule has 1 rings (SSSR count). The molecule has 0 spiro atoms. The minimum Gasteiger partial charge on any atom is -0.389 e. The van der Waals surface area contributed by atoms with Crippen LogP contribution in [0, 0.1) is 16.7 Å². The van der Waals surface area contributed by atoms with Gasteiger partial charge in [-0.05, 0) is 30.1 Å². The largest absolute Gasteiger partial charge is 0.389 e. The van der Waals surface area contributed by atoms with Crippen molar-refractivity contribution in [1.29, 1.82) is 0 Å². The molecule has 0 aliphatic carbocycles. The van der Waals surface area contributed by atoms with Crippen LogP contribution in [0.5, 0.6) is 0 Å². The van der Waals surface area contributed by atoms with Gasteiger partial charge in [-0.3, -0.25) is 4.79 Å². The van der Waals surface area contributed by atoms with E-state index < -0.39 is 11.9 Å². The molecule has 0 radical (unpaired) electrons. The molecule has 1 atom stereocenters. The first-order valence-electron chi connectivity index (χ1n) is 6.90. The summed E-state index contributed by atoms with van der Waals surface area (Å²) in [6.45, 7) is 15.1. The monoisotopic (exact) mass is 266 g/mol. The highest BCUT2D eigenvalue weighted by molar-refractivity contribution is 6.06. The molecule has 3 nitrogen and oxygen atoms in total. The van der Waals surface area contributed by atoms with Gasteiger partial charge in [-0.1, -0.05) is 47.1 Å². The van der Waals surface area contributed by atoms with Gasteiger partial charge in [0.25, 0.3) is 0 Å². The first kappa shape index (κ1) is 15.9. The van der Waals surface area contributed by atoms with E-state index in [0.717, 1.165) is 12.0 Å². The number of carbonyl (C=O) groups is 2. The zero-order valence-corrected chi connectivity index (χ0v) is 13.2. The van der Waals surface area contributed by atoms with Crippen LogP contribution < -0.4 is 0 Å². The van der Waals surface area contributed by atoms with Crippen LogP contribution >= 0.6 is 0 Å². The number of esters is 2. The molecule has 108 valence electrons. The van der Waals surface area contributed by atoms with Crippen molar-refractivity contribution in [3.63, 3.8) is 0 Å². The van der Waals surface area contributed by atoms with E-state index in [1.807, 2.05) is 6.92 Å².